The molecule has 4 heterocycles. The van der Waals surface area contributed by atoms with E-state index in [9.17, 15) is 14.0 Å². The van der Waals surface area contributed by atoms with Gasteiger partial charge >= 0.3 is 5.69 Å². The molecule has 2 aliphatic rings. The van der Waals surface area contributed by atoms with Crippen molar-refractivity contribution in [2.75, 3.05) is 13.1 Å². The zero-order valence-corrected chi connectivity index (χ0v) is 14.2. The standard InChI is InChI=1S/C16H17ClFN5O2/c17-11-4-10(5-19-6-11)7-22-16(25)23-13(2-1-3-14(23)20-22)15(24)21-8-12(18)9-21/h4-6,12-13H,1-3,7-9H2. The first-order valence-electron chi connectivity index (χ1n) is 8.23. The van der Waals surface area contributed by atoms with Gasteiger partial charge in [0.1, 0.15) is 18.0 Å². The van der Waals surface area contributed by atoms with Crippen LogP contribution in [0.15, 0.2) is 23.3 Å². The van der Waals surface area contributed by atoms with E-state index >= 15 is 0 Å². The van der Waals surface area contributed by atoms with Crippen LogP contribution in [0.2, 0.25) is 5.02 Å². The summed E-state index contributed by atoms with van der Waals surface area (Å²) in [5, 5.41) is 4.86. The number of likely N-dealkylation sites (tertiary alicyclic amines) is 1. The Morgan fingerprint density at radius 1 is 1.36 bits per heavy atom. The second kappa shape index (κ2) is 6.25. The Bertz CT molecular complexity index is 874. The number of amides is 1. The van der Waals surface area contributed by atoms with E-state index in [1.807, 2.05) is 0 Å². The van der Waals surface area contributed by atoms with Gasteiger partial charge in [-0.05, 0) is 24.5 Å². The number of alkyl halides is 1. The molecule has 0 N–H and O–H groups in total. The Morgan fingerprint density at radius 2 is 2.16 bits per heavy atom. The Labute approximate surface area is 148 Å². The quantitative estimate of drug-likeness (QED) is 0.819. The van der Waals surface area contributed by atoms with Crippen molar-refractivity contribution in [1.29, 1.82) is 0 Å². The lowest BCUT2D eigenvalue weighted by Gasteiger charge is -2.37. The summed E-state index contributed by atoms with van der Waals surface area (Å²) in [6.07, 6.45) is 4.18. The molecule has 0 radical (unpaired) electrons. The first-order valence-corrected chi connectivity index (χ1v) is 8.61. The fourth-order valence-electron chi connectivity index (χ4n) is 3.40. The molecular weight excluding hydrogens is 349 g/mol. The molecule has 4 rings (SSSR count). The molecule has 0 bridgehead atoms. The molecule has 0 spiro atoms. The number of aromatic nitrogens is 4. The van der Waals surface area contributed by atoms with Crippen molar-refractivity contribution < 1.29 is 9.18 Å². The molecular formula is C16H17ClFN5O2. The van der Waals surface area contributed by atoms with Crippen LogP contribution in [0.25, 0.3) is 0 Å². The van der Waals surface area contributed by atoms with Gasteiger partial charge in [-0.15, -0.1) is 0 Å². The molecule has 25 heavy (non-hydrogen) atoms. The number of aryl methyl sites for hydroxylation is 1. The van der Waals surface area contributed by atoms with Gasteiger partial charge in [0.05, 0.1) is 24.7 Å². The van der Waals surface area contributed by atoms with Gasteiger partial charge < -0.3 is 4.90 Å². The lowest BCUT2D eigenvalue weighted by Crippen LogP contribution is -2.54. The lowest BCUT2D eigenvalue weighted by molar-refractivity contribution is -0.142. The molecule has 1 unspecified atom stereocenters. The van der Waals surface area contributed by atoms with Gasteiger partial charge in [-0.2, -0.15) is 5.10 Å². The van der Waals surface area contributed by atoms with Crippen LogP contribution in [0.3, 0.4) is 0 Å². The van der Waals surface area contributed by atoms with Gasteiger partial charge in [0.2, 0.25) is 5.91 Å². The minimum Gasteiger partial charge on any atom is -0.335 e. The van der Waals surface area contributed by atoms with E-state index in [-0.39, 0.29) is 31.2 Å². The summed E-state index contributed by atoms with van der Waals surface area (Å²) in [6.45, 7) is 0.465. The summed E-state index contributed by atoms with van der Waals surface area (Å²) in [7, 11) is 0. The Kier molecular flexibility index (Phi) is 4.07. The maximum Gasteiger partial charge on any atom is 0.346 e. The molecule has 0 saturated carbocycles. The van der Waals surface area contributed by atoms with Crippen molar-refractivity contribution in [1.82, 2.24) is 24.2 Å². The lowest BCUT2D eigenvalue weighted by atomic mass is 10.0. The van der Waals surface area contributed by atoms with Gasteiger partial charge in [-0.25, -0.2) is 13.9 Å². The van der Waals surface area contributed by atoms with Crippen molar-refractivity contribution in [3.8, 4) is 0 Å². The van der Waals surface area contributed by atoms with Crippen molar-refractivity contribution in [2.24, 2.45) is 0 Å². The predicted octanol–water partition coefficient (Wildman–Crippen LogP) is 1.20. The second-order valence-corrected chi connectivity index (χ2v) is 6.92. The van der Waals surface area contributed by atoms with Crippen LogP contribution in [-0.2, 0) is 17.8 Å². The number of pyridine rings is 1. The minimum atomic E-state index is -0.957. The van der Waals surface area contributed by atoms with Gasteiger partial charge in [0.15, 0.2) is 0 Å². The number of carbonyl (C=O) groups excluding carboxylic acids is 1. The summed E-state index contributed by atoms with van der Waals surface area (Å²) in [4.78, 5) is 30.8. The molecule has 2 aromatic rings. The van der Waals surface area contributed by atoms with E-state index < -0.39 is 12.2 Å². The van der Waals surface area contributed by atoms with Gasteiger partial charge in [-0.1, -0.05) is 11.6 Å². The minimum absolute atomic E-state index is 0.113. The molecule has 0 aromatic carbocycles. The molecule has 1 atom stereocenters. The number of rotatable bonds is 3. The number of hydrogen-bond acceptors (Lipinski definition) is 4. The van der Waals surface area contributed by atoms with Crippen molar-refractivity contribution in [3.63, 3.8) is 0 Å². The zero-order chi connectivity index (χ0) is 17.6. The first kappa shape index (κ1) is 16.3. The Balaban J connectivity index is 1.63. The van der Waals surface area contributed by atoms with E-state index in [2.05, 4.69) is 10.1 Å². The topological polar surface area (TPSA) is 73.0 Å². The van der Waals surface area contributed by atoms with Crippen LogP contribution in [0, 0.1) is 0 Å². The highest BCUT2D eigenvalue weighted by Crippen LogP contribution is 2.26. The SMILES string of the molecule is O=C(C1CCCc2nn(Cc3cncc(Cl)c3)c(=O)n21)N1CC(F)C1. The highest BCUT2D eigenvalue weighted by Gasteiger charge is 2.38. The average Bonchev–Trinajstić information content (AvgIpc) is 2.87. The molecule has 1 amide bonds. The van der Waals surface area contributed by atoms with E-state index in [1.165, 1.54) is 20.3 Å². The van der Waals surface area contributed by atoms with Crippen molar-refractivity contribution in [2.45, 2.75) is 38.0 Å². The number of hydrogen-bond donors (Lipinski definition) is 0. The highest BCUT2D eigenvalue weighted by molar-refractivity contribution is 6.30. The predicted molar refractivity (Wildman–Crippen MR) is 88.3 cm³/mol. The maximum atomic E-state index is 13.1. The molecule has 1 saturated heterocycles. The van der Waals surface area contributed by atoms with Gasteiger partial charge in [0, 0.05) is 18.8 Å². The average molecular weight is 366 g/mol. The van der Waals surface area contributed by atoms with E-state index in [4.69, 9.17) is 11.6 Å². The van der Waals surface area contributed by atoms with Gasteiger partial charge in [-0.3, -0.25) is 14.3 Å². The molecule has 9 heteroatoms. The second-order valence-electron chi connectivity index (χ2n) is 6.49. The van der Waals surface area contributed by atoms with E-state index in [0.717, 1.165) is 12.0 Å². The maximum absolute atomic E-state index is 13.1. The van der Waals surface area contributed by atoms with Crippen LogP contribution in [0.5, 0.6) is 0 Å². The highest BCUT2D eigenvalue weighted by atomic mass is 35.5. The molecule has 7 nitrogen and oxygen atoms in total. The molecule has 1 fully saturated rings. The van der Waals surface area contributed by atoms with Crippen LogP contribution in [0.1, 0.15) is 30.3 Å². The normalized spacial score (nSPS) is 20.2. The van der Waals surface area contributed by atoms with Crippen LogP contribution in [0.4, 0.5) is 4.39 Å². The fraction of sp³-hybridized carbons (Fsp3) is 0.500. The monoisotopic (exact) mass is 365 g/mol. The number of nitrogens with zero attached hydrogens (tertiary/aromatic N) is 5. The Morgan fingerprint density at radius 3 is 2.88 bits per heavy atom. The Hall–Kier alpha value is -2.22. The summed E-state index contributed by atoms with van der Waals surface area (Å²) in [5.74, 6) is 0.405. The van der Waals surface area contributed by atoms with Crippen LogP contribution < -0.4 is 5.69 Å². The number of carbonyl (C=O) groups is 1. The molecule has 2 aliphatic heterocycles. The largest absolute Gasteiger partial charge is 0.346 e. The third-order valence-electron chi connectivity index (χ3n) is 4.66. The third-order valence-corrected chi connectivity index (χ3v) is 4.86. The smallest absolute Gasteiger partial charge is 0.335 e. The fourth-order valence-corrected chi connectivity index (χ4v) is 3.60. The summed E-state index contributed by atoms with van der Waals surface area (Å²) in [5.41, 5.74) is 0.432. The van der Waals surface area contributed by atoms with Crippen LogP contribution in [-0.4, -0.2) is 49.4 Å². The van der Waals surface area contributed by atoms with Crippen molar-refractivity contribution >= 4 is 17.5 Å². The zero-order valence-electron chi connectivity index (χ0n) is 13.4. The van der Waals surface area contributed by atoms with E-state index in [0.29, 0.717) is 23.7 Å². The molecule has 2 aromatic heterocycles. The summed E-state index contributed by atoms with van der Waals surface area (Å²) >= 11 is 5.93. The molecule has 0 aliphatic carbocycles. The molecule has 132 valence electrons. The summed E-state index contributed by atoms with van der Waals surface area (Å²) in [6, 6.07) is 1.14. The van der Waals surface area contributed by atoms with E-state index in [1.54, 1.807) is 12.3 Å². The van der Waals surface area contributed by atoms with Gasteiger partial charge in [0.25, 0.3) is 0 Å². The van der Waals surface area contributed by atoms with Crippen molar-refractivity contribution in [3.05, 3.63) is 45.4 Å². The van der Waals surface area contributed by atoms with Crippen LogP contribution >= 0.6 is 11.6 Å². The number of fused-ring (bicyclic) bond motifs is 1. The summed E-state index contributed by atoms with van der Waals surface area (Å²) < 4.78 is 15.9. The number of halogens is 2. The first-order chi connectivity index (χ1) is 12.0. The third kappa shape index (κ3) is 2.95.